The molecule has 0 saturated carbocycles. The molecular formula is C12H17F2N3S. The fraction of sp³-hybridized carbons (Fsp3) is 0.417. The number of thioether (sulfide) groups is 1. The van der Waals surface area contributed by atoms with E-state index in [2.05, 4.69) is 10.3 Å². The number of alkyl halides is 2. The molecule has 0 fully saturated rings. The molecule has 0 radical (unpaired) electrons. The lowest BCUT2D eigenvalue weighted by atomic mass is 10.1. The van der Waals surface area contributed by atoms with Crippen molar-refractivity contribution < 1.29 is 8.78 Å². The molecule has 0 amide bonds. The molecule has 0 unspecified atom stereocenters. The number of halogens is 2. The Morgan fingerprint density at radius 1 is 1.28 bits per heavy atom. The van der Waals surface area contributed by atoms with Crippen molar-refractivity contribution >= 4 is 23.4 Å². The van der Waals surface area contributed by atoms with Gasteiger partial charge in [0.25, 0.3) is 5.76 Å². The number of nitrogens with one attached hydrogen (secondary N) is 1. The standard InChI is InChI=1S/C12H17F2N3S/c1-12(2,3)17-11(15)16-8-4-6-9(7-5-8)18-10(13)14/h4-7,10H,1-3H3,(H3,15,16,17). The zero-order valence-corrected chi connectivity index (χ0v) is 11.4. The number of nitrogens with zero attached hydrogens (tertiary/aromatic N) is 1. The van der Waals surface area contributed by atoms with Crippen LogP contribution in [0.15, 0.2) is 34.2 Å². The van der Waals surface area contributed by atoms with Crippen molar-refractivity contribution in [1.29, 1.82) is 0 Å². The first-order valence-corrected chi connectivity index (χ1v) is 6.31. The molecule has 1 rings (SSSR count). The lowest BCUT2D eigenvalue weighted by Crippen LogP contribution is -2.27. The third-order valence-corrected chi connectivity index (χ3v) is 2.53. The number of anilines is 1. The molecule has 0 bridgehead atoms. The van der Waals surface area contributed by atoms with Gasteiger partial charge in [0.15, 0.2) is 5.96 Å². The minimum Gasteiger partial charge on any atom is -0.370 e. The van der Waals surface area contributed by atoms with E-state index in [1.807, 2.05) is 20.8 Å². The van der Waals surface area contributed by atoms with Crippen LogP contribution in [0.2, 0.25) is 0 Å². The summed E-state index contributed by atoms with van der Waals surface area (Å²) in [6.07, 6.45) is 0. The maximum absolute atomic E-state index is 12.1. The number of hydrogen-bond acceptors (Lipinski definition) is 2. The molecule has 3 nitrogen and oxygen atoms in total. The van der Waals surface area contributed by atoms with Gasteiger partial charge in [-0.05, 0) is 45.0 Å². The van der Waals surface area contributed by atoms with Gasteiger partial charge in [-0.3, -0.25) is 0 Å². The van der Waals surface area contributed by atoms with Crippen molar-refractivity contribution in [3.8, 4) is 0 Å². The number of guanidine groups is 1. The average molecular weight is 273 g/mol. The predicted molar refractivity (Wildman–Crippen MR) is 73.3 cm³/mol. The van der Waals surface area contributed by atoms with Crippen LogP contribution in [0.3, 0.4) is 0 Å². The first kappa shape index (κ1) is 14.8. The molecule has 0 atom stereocenters. The normalized spacial score (nSPS) is 12.9. The summed E-state index contributed by atoms with van der Waals surface area (Å²) < 4.78 is 24.3. The van der Waals surface area contributed by atoms with Crippen LogP contribution >= 0.6 is 11.8 Å². The van der Waals surface area contributed by atoms with E-state index < -0.39 is 5.76 Å². The van der Waals surface area contributed by atoms with Crippen molar-refractivity contribution in [3.63, 3.8) is 0 Å². The number of hydrogen-bond donors (Lipinski definition) is 2. The van der Waals surface area contributed by atoms with Crippen LogP contribution in [0.4, 0.5) is 14.5 Å². The van der Waals surface area contributed by atoms with Gasteiger partial charge < -0.3 is 11.1 Å². The molecule has 6 heteroatoms. The Bertz CT molecular complexity index is 410. The van der Waals surface area contributed by atoms with Crippen molar-refractivity contribution in [2.75, 3.05) is 5.32 Å². The molecule has 0 aliphatic heterocycles. The molecule has 0 aliphatic rings. The van der Waals surface area contributed by atoms with Crippen LogP contribution < -0.4 is 11.1 Å². The average Bonchev–Trinajstić information content (AvgIpc) is 2.17. The molecule has 1 aromatic carbocycles. The number of aliphatic imine (C=N–C) groups is 1. The van der Waals surface area contributed by atoms with Crippen LogP contribution in [0.5, 0.6) is 0 Å². The first-order valence-electron chi connectivity index (χ1n) is 5.43. The fourth-order valence-corrected chi connectivity index (χ4v) is 1.76. The van der Waals surface area contributed by atoms with Crippen LogP contribution in [-0.2, 0) is 0 Å². The molecule has 18 heavy (non-hydrogen) atoms. The van der Waals surface area contributed by atoms with E-state index in [1.165, 1.54) is 0 Å². The Morgan fingerprint density at radius 2 is 1.83 bits per heavy atom. The zero-order valence-electron chi connectivity index (χ0n) is 10.6. The Hall–Kier alpha value is -1.30. The quantitative estimate of drug-likeness (QED) is 0.503. The third-order valence-electron chi connectivity index (χ3n) is 1.81. The molecule has 0 spiro atoms. The Morgan fingerprint density at radius 3 is 2.28 bits per heavy atom. The van der Waals surface area contributed by atoms with Crippen LogP contribution in [0.1, 0.15) is 20.8 Å². The van der Waals surface area contributed by atoms with Crippen LogP contribution in [0.25, 0.3) is 0 Å². The fourth-order valence-electron chi connectivity index (χ4n) is 1.26. The Kier molecular flexibility index (Phi) is 4.95. The van der Waals surface area contributed by atoms with Crippen molar-refractivity contribution in [2.24, 2.45) is 10.7 Å². The first-order chi connectivity index (χ1) is 8.26. The SMILES string of the molecule is CC(C)(C)N=C(N)Nc1ccc(SC(F)F)cc1. The molecule has 3 N–H and O–H groups in total. The van der Waals surface area contributed by atoms with E-state index in [0.717, 1.165) is 5.69 Å². The second kappa shape index (κ2) is 6.04. The van der Waals surface area contributed by atoms with Gasteiger partial charge >= 0.3 is 0 Å². The smallest absolute Gasteiger partial charge is 0.288 e. The van der Waals surface area contributed by atoms with Gasteiger partial charge in [0.05, 0.1) is 5.54 Å². The van der Waals surface area contributed by atoms with E-state index in [0.29, 0.717) is 22.6 Å². The van der Waals surface area contributed by atoms with E-state index in [4.69, 9.17) is 5.73 Å². The summed E-state index contributed by atoms with van der Waals surface area (Å²) in [7, 11) is 0. The lowest BCUT2D eigenvalue weighted by Gasteiger charge is -2.14. The van der Waals surface area contributed by atoms with Crippen LogP contribution in [-0.4, -0.2) is 17.3 Å². The highest BCUT2D eigenvalue weighted by molar-refractivity contribution is 7.99. The van der Waals surface area contributed by atoms with Gasteiger partial charge in [0.2, 0.25) is 0 Å². The van der Waals surface area contributed by atoms with Gasteiger partial charge in [-0.2, -0.15) is 8.78 Å². The lowest BCUT2D eigenvalue weighted by molar-refractivity contribution is 0.252. The summed E-state index contributed by atoms with van der Waals surface area (Å²) in [6, 6.07) is 6.61. The Labute approximate surface area is 110 Å². The third kappa shape index (κ3) is 5.86. The molecule has 1 aromatic rings. The molecule has 0 aromatic heterocycles. The maximum Gasteiger partial charge on any atom is 0.288 e. The summed E-state index contributed by atoms with van der Waals surface area (Å²) in [5, 5.41) is 2.91. The molecule has 0 saturated heterocycles. The van der Waals surface area contributed by atoms with E-state index in [9.17, 15) is 8.78 Å². The van der Waals surface area contributed by atoms with Crippen LogP contribution in [0, 0.1) is 0 Å². The topological polar surface area (TPSA) is 50.4 Å². The van der Waals surface area contributed by atoms with E-state index in [1.54, 1.807) is 24.3 Å². The second-order valence-corrected chi connectivity index (χ2v) is 5.76. The highest BCUT2D eigenvalue weighted by atomic mass is 32.2. The minimum absolute atomic E-state index is 0.261. The monoisotopic (exact) mass is 273 g/mol. The van der Waals surface area contributed by atoms with Gasteiger partial charge in [-0.15, -0.1) is 0 Å². The van der Waals surface area contributed by atoms with Crippen molar-refractivity contribution in [3.05, 3.63) is 24.3 Å². The van der Waals surface area contributed by atoms with Gasteiger partial charge in [0, 0.05) is 10.6 Å². The van der Waals surface area contributed by atoms with E-state index >= 15 is 0 Å². The molecule has 100 valence electrons. The highest BCUT2D eigenvalue weighted by Gasteiger charge is 2.08. The van der Waals surface area contributed by atoms with Gasteiger partial charge in [-0.1, -0.05) is 11.8 Å². The summed E-state index contributed by atoms with van der Waals surface area (Å²) in [4.78, 5) is 4.75. The van der Waals surface area contributed by atoms with Gasteiger partial charge in [-0.25, -0.2) is 4.99 Å². The number of nitrogens with two attached hydrogens (primary N) is 1. The zero-order chi connectivity index (χ0) is 13.8. The summed E-state index contributed by atoms with van der Waals surface area (Å²) in [5.74, 6) is -2.10. The molecular weight excluding hydrogens is 256 g/mol. The second-order valence-electron chi connectivity index (χ2n) is 4.70. The summed E-state index contributed by atoms with van der Waals surface area (Å²) in [6.45, 7) is 5.80. The number of rotatable bonds is 3. The van der Waals surface area contributed by atoms with Gasteiger partial charge in [0.1, 0.15) is 0 Å². The predicted octanol–water partition coefficient (Wildman–Crippen LogP) is 3.53. The molecule has 0 heterocycles. The summed E-state index contributed by atoms with van der Waals surface area (Å²) in [5.41, 5.74) is 6.18. The largest absolute Gasteiger partial charge is 0.370 e. The van der Waals surface area contributed by atoms with Crippen molar-refractivity contribution in [2.45, 2.75) is 37.0 Å². The number of benzene rings is 1. The minimum atomic E-state index is -2.41. The summed E-state index contributed by atoms with van der Waals surface area (Å²) >= 11 is 0.513. The highest BCUT2D eigenvalue weighted by Crippen LogP contribution is 2.26. The molecule has 0 aliphatic carbocycles. The maximum atomic E-state index is 12.1. The van der Waals surface area contributed by atoms with E-state index in [-0.39, 0.29) is 5.54 Å². The van der Waals surface area contributed by atoms with Crippen molar-refractivity contribution in [1.82, 2.24) is 0 Å². The Balaban J connectivity index is 2.67.